The number of fused-ring (bicyclic) bond motifs is 10. The smallest absolute Gasteiger partial charge is 0.343 e. The Hall–Kier alpha value is -3.76. The van der Waals surface area contributed by atoms with Gasteiger partial charge in [0.25, 0.3) is 0 Å². The van der Waals surface area contributed by atoms with Crippen molar-refractivity contribution in [2.45, 2.75) is 129 Å². The summed E-state index contributed by atoms with van der Waals surface area (Å²) >= 11 is 0. The summed E-state index contributed by atoms with van der Waals surface area (Å²) in [4.78, 5) is 68.9. The van der Waals surface area contributed by atoms with E-state index in [9.17, 15) is 39.3 Å². The zero-order chi connectivity index (χ0) is 40.3. The average Bonchev–Trinajstić information content (AvgIpc) is 3.78. The molecule has 0 radical (unpaired) electrons. The maximum absolute atomic E-state index is 13.6. The molecule has 17 heteroatoms. The van der Waals surface area contributed by atoms with E-state index in [1.807, 2.05) is 20.8 Å². The zero-order valence-corrected chi connectivity index (χ0v) is 32.3. The molecule has 7 aliphatic rings. The quantitative estimate of drug-likeness (QED) is 0.0523. The molecule has 7 rings (SSSR count). The molecular weight excluding hydrogens is 720 g/mol. The lowest BCUT2D eigenvalue weighted by molar-refractivity contribution is -0.285. The van der Waals surface area contributed by atoms with Crippen LogP contribution in [0.1, 0.15) is 74.7 Å². The zero-order valence-electron chi connectivity index (χ0n) is 32.3. The van der Waals surface area contributed by atoms with Crippen molar-refractivity contribution in [2.75, 3.05) is 6.54 Å². The van der Waals surface area contributed by atoms with Crippen LogP contribution in [0, 0.1) is 57.7 Å². The van der Waals surface area contributed by atoms with Crippen molar-refractivity contribution in [3.05, 3.63) is 22.3 Å². The summed E-state index contributed by atoms with van der Waals surface area (Å²) < 4.78 is 30.4. The molecular formula is C38H52N4O13. The van der Waals surface area contributed by atoms with Crippen LogP contribution in [0.2, 0.25) is 0 Å². The highest BCUT2D eigenvalue weighted by Gasteiger charge is 2.83. The third-order valence-corrected chi connectivity index (χ3v) is 15.1. The van der Waals surface area contributed by atoms with Crippen molar-refractivity contribution in [3.8, 4) is 0 Å². The first-order valence-corrected chi connectivity index (χ1v) is 19.2. The number of nitrogens with zero attached hydrogens (tertiary/aromatic N) is 3. The van der Waals surface area contributed by atoms with E-state index >= 15 is 0 Å². The van der Waals surface area contributed by atoms with Crippen LogP contribution in [0.15, 0.2) is 16.9 Å². The van der Waals surface area contributed by atoms with Gasteiger partial charge in [-0.3, -0.25) is 19.2 Å². The first-order valence-electron chi connectivity index (χ1n) is 19.2. The van der Waals surface area contributed by atoms with Gasteiger partial charge in [-0.25, -0.2) is 4.79 Å². The summed E-state index contributed by atoms with van der Waals surface area (Å²) in [6, 6.07) is -0.995. The summed E-state index contributed by atoms with van der Waals surface area (Å²) in [6.45, 7) is 12.4. The molecule has 55 heavy (non-hydrogen) atoms. The molecule has 17 nitrogen and oxygen atoms in total. The Morgan fingerprint density at radius 2 is 1.58 bits per heavy atom. The van der Waals surface area contributed by atoms with Crippen molar-refractivity contribution >= 4 is 29.8 Å². The molecule has 4 N–H and O–H groups in total. The summed E-state index contributed by atoms with van der Waals surface area (Å²) in [5.41, 5.74) is 2.63. The highest BCUT2D eigenvalue weighted by atomic mass is 16.6. The minimum Gasteiger partial charge on any atom is -0.459 e. The minimum absolute atomic E-state index is 0.0262. The number of azide groups is 1. The number of hydrogen-bond acceptors (Lipinski definition) is 14. The molecule has 2 saturated heterocycles. The van der Waals surface area contributed by atoms with Crippen LogP contribution in [-0.2, 0) is 47.7 Å². The molecule has 19 atom stereocenters. The minimum atomic E-state index is -2.09. The number of allylic oxidation sites excluding steroid dienone is 1. The van der Waals surface area contributed by atoms with Crippen molar-refractivity contribution in [1.29, 1.82) is 0 Å². The lowest BCUT2D eigenvalue weighted by Gasteiger charge is -2.67. The van der Waals surface area contributed by atoms with E-state index in [0.717, 1.165) is 0 Å². The Kier molecular flexibility index (Phi) is 9.44. The summed E-state index contributed by atoms with van der Waals surface area (Å²) in [7, 11) is 0. The van der Waals surface area contributed by atoms with Gasteiger partial charge >= 0.3 is 23.9 Å². The summed E-state index contributed by atoms with van der Waals surface area (Å²) in [5, 5.41) is 44.3. The van der Waals surface area contributed by atoms with Crippen molar-refractivity contribution in [3.63, 3.8) is 0 Å². The maximum atomic E-state index is 13.6. The van der Waals surface area contributed by atoms with Crippen LogP contribution in [0.3, 0.4) is 0 Å². The number of rotatable bonds is 8. The van der Waals surface area contributed by atoms with E-state index in [-0.39, 0.29) is 31.2 Å². The molecule has 2 aliphatic heterocycles. The molecule has 0 unspecified atom stereocenters. The topological polar surface area (TPSA) is 256 Å². The normalized spacial score (nSPS) is 49.8. The van der Waals surface area contributed by atoms with Gasteiger partial charge in [0.2, 0.25) is 5.91 Å². The average molecular weight is 773 g/mol. The number of hydrogen-bond donors (Lipinski definition) is 4. The van der Waals surface area contributed by atoms with Crippen LogP contribution < -0.4 is 5.32 Å². The SMILES string of the molecule is CC(=O)O[C@H]1[C@H]2[C@@H]([C@@H](O)[C@H](NC(=O)CCCN=[N+]=[N-])[C@H]3C[C@@H]4O[C@@H]4[C@H](OC(C)=O)[C@]23C)[C@@H]2[C@@H](O)[C@@H]3[C@H]([C@H](C)C=C4OC(=O)[C@@](C)(O)[C@@]43C)[C@@]2(C)[C@H]1OC(C)=O. The van der Waals surface area contributed by atoms with Gasteiger partial charge in [-0.2, -0.15) is 0 Å². The van der Waals surface area contributed by atoms with Gasteiger partial charge in [0.1, 0.15) is 30.2 Å². The Balaban J connectivity index is 1.46. The second-order valence-electron chi connectivity index (χ2n) is 17.7. The predicted molar refractivity (Wildman–Crippen MR) is 186 cm³/mol. The number of aliphatic hydroxyl groups excluding tert-OH is 2. The third kappa shape index (κ3) is 5.39. The number of ether oxygens (including phenoxy) is 5. The van der Waals surface area contributed by atoms with E-state index in [4.69, 9.17) is 29.2 Å². The second-order valence-corrected chi connectivity index (χ2v) is 17.7. The fraction of sp³-hybridized carbons (Fsp3) is 0.816. The standard InChI is InChI=1S/C38H52N4O13/c1-14-12-20-37(7,38(8,50)34(49)55-20)26-23(14)36(6)24(29(26)48)22-25(31(51-15(2)43)33(36)53-17(4)45)35(5)18(13-19-30(54-19)32(35)52-16(3)44)27(28(22)47)41-21(46)10-9-11-40-42-39/h12,14,18-19,22-33,47-48,50H,9-11,13H2,1-8H3,(H,41,46)/t14-,18-,19+,22+,23+,24-,25-,26+,27-,28-,29-,30+,31+,32+,33+,35+,36-,37+,38-/m1/s1. The molecule has 1 amide bonds. The highest BCUT2D eigenvalue weighted by molar-refractivity contribution is 5.85. The number of aliphatic hydroxyl groups is 3. The van der Waals surface area contributed by atoms with E-state index in [1.54, 1.807) is 13.0 Å². The van der Waals surface area contributed by atoms with Crippen LogP contribution in [0.25, 0.3) is 10.4 Å². The third-order valence-electron chi connectivity index (χ3n) is 15.1. The maximum Gasteiger partial charge on any atom is 0.343 e. The molecule has 4 saturated carbocycles. The molecule has 0 spiro atoms. The monoisotopic (exact) mass is 772 g/mol. The number of epoxide rings is 1. The van der Waals surface area contributed by atoms with Crippen LogP contribution in [0.5, 0.6) is 0 Å². The summed E-state index contributed by atoms with van der Waals surface area (Å²) in [5.74, 6) is -8.72. The Labute approximate surface area is 318 Å². The fourth-order valence-electron chi connectivity index (χ4n) is 13.0. The summed E-state index contributed by atoms with van der Waals surface area (Å²) in [6.07, 6.45) is -4.90. The lowest BCUT2D eigenvalue weighted by atomic mass is 9.40. The molecule has 5 aliphatic carbocycles. The van der Waals surface area contributed by atoms with Gasteiger partial charge in [0.15, 0.2) is 5.60 Å². The van der Waals surface area contributed by atoms with Crippen molar-refractivity contribution in [2.24, 2.45) is 62.8 Å². The molecule has 2 heterocycles. The molecule has 0 aromatic rings. The molecule has 0 bridgehead atoms. The van der Waals surface area contributed by atoms with E-state index < -0.39 is 136 Å². The van der Waals surface area contributed by atoms with Crippen molar-refractivity contribution < 1.29 is 63.0 Å². The van der Waals surface area contributed by atoms with E-state index in [2.05, 4.69) is 15.3 Å². The number of esters is 4. The van der Waals surface area contributed by atoms with Crippen molar-refractivity contribution in [1.82, 2.24) is 5.32 Å². The number of nitrogens with one attached hydrogen (secondary N) is 1. The van der Waals surface area contributed by atoms with Gasteiger partial charge in [0, 0.05) is 67.2 Å². The van der Waals surface area contributed by atoms with E-state index in [0.29, 0.717) is 6.42 Å². The first kappa shape index (κ1) is 39.5. The van der Waals surface area contributed by atoms with E-state index in [1.165, 1.54) is 27.7 Å². The number of carbonyl (C=O) groups is 5. The lowest BCUT2D eigenvalue weighted by Crippen LogP contribution is -2.77. The Bertz CT molecular complexity index is 1760. The Morgan fingerprint density at radius 1 is 0.945 bits per heavy atom. The van der Waals surface area contributed by atoms with Crippen LogP contribution >= 0.6 is 0 Å². The first-order chi connectivity index (χ1) is 25.7. The van der Waals surface area contributed by atoms with Crippen LogP contribution in [-0.4, -0.2) is 106 Å². The van der Waals surface area contributed by atoms with Gasteiger partial charge in [-0.05, 0) is 62.0 Å². The second kappa shape index (κ2) is 13.2. The predicted octanol–water partition coefficient (Wildman–Crippen LogP) is 1.85. The molecule has 302 valence electrons. The molecule has 6 fully saturated rings. The van der Waals surface area contributed by atoms with Crippen LogP contribution in [0.4, 0.5) is 0 Å². The largest absolute Gasteiger partial charge is 0.459 e. The van der Waals surface area contributed by atoms with Gasteiger partial charge in [0.05, 0.1) is 29.8 Å². The Morgan fingerprint density at radius 3 is 2.20 bits per heavy atom. The molecule has 0 aromatic carbocycles. The fourth-order valence-corrected chi connectivity index (χ4v) is 13.0. The van der Waals surface area contributed by atoms with Gasteiger partial charge < -0.3 is 44.3 Å². The van der Waals surface area contributed by atoms with Gasteiger partial charge in [-0.15, -0.1) is 0 Å². The number of carbonyl (C=O) groups excluding carboxylic acids is 5. The number of amides is 1. The molecule has 0 aromatic heterocycles. The highest BCUT2D eigenvalue weighted by Crippen LogP contribution is 2.75. The van der Waals surface area contributed by atoms with Gasteiger partial charge in [-0.1, -0.05) is 25.9 Å².